The van der Waals surface area contributed by atoms with Gasteiger partial charge in [0.1, 0.15) is 11.6 Å². The monoisotopic (exact) mass is 215 g/mol. The molecule has 0 aliphatic rings. The minimum Gasteiger partial charge on any atom is -0.391 e. The van der Waals surface area contributed by atoms with Crippen molar-refractivity contribution in [3.63, 3.8) is 0 Å². The fourth-order valence-electron chi connectivity index (χ4n) is 1.43. The van der Waals surface area contributed by atoms with E-state index >= 15 is 0 Å². The molecule has 0 saturated carbocycles. The number of hydrogen-bond donors (Lipinski definition) is 2. The van der Waals surface area contributed by atoms with E-state index in [1.54, 1.807) is 6.92 Å². The van der Waals surface area contributed by atoms with Crippen LogP contribution in [0.2, 0.25) is 0 Å². The second kappa shape index (κ2) is 4.68. The fraction of sp³-hybridized carbons (Fsp3) is 0.455. The highest BCUT2D eigenvalue weighted by atomic mass is 19.1. The molecule has 0 bridgehead atoms. The number of aliphatic hydroxyl groups is 1. The zero-order chi connectivity index (χ0) is 11.6. The van der Waals surface area contributed by atoms with Crippen LogP contribution in [0.1, 0.15) is 30.5 Å². The molecule has 15 heavy (non-hydrogen) atoms. The van der Waals surface area contributed by atoms with Gasteiger partial charge in [0.15, 0.2) is 0 Å². The van der Waals surface area contributed by atoms with Crippen LogP contribution < -0.4 is 5.73 Å². The van der Waals surface area contributed by atoms with Gasteiger partial charge in [-0.15, -0.1) is 0 Å². The van der Waals surface area contributed by atoms with Crippen LogP contribution in [-0.4, -0.2) is 11.2 Å². The van der Waals surface area contributed by atoms with E-state index in [0.717, 1.165) is 6.07 Å². The lowest BCUT2D eigenvalue weighted by Crippen LogP contribution is -2.27. The molecule has 1 aromatic rings. The summed E-state index contributed by atoms with van der Waals surface area (Å²) in [6.45, 7) is 3.24. The van der Waals surface area contributed by atoms with Crippen molar-refractivity contribution in [2.24, 2.45) is 5.73 Å². The Bertz CT molecular complexity index is 355. The highest BCUT2D eigenvalue weighted by Gasteiger charge is 2.23. The fourth-order valence-corrected chi connectivity index (χ4v) is 1.43. The number of benzene rings is 1. The van der Waals surface area contributed by atoms with E-state index < -0.39 is 23.8 Å². The first-order chi connectivity index (χ1) is 6.99. The van der Waals surface area contributed by atoms with Gasteiger partial charge in [-0.3, -0.25) is 0 Å². The van der Waals surface area contributed by atoms with E-state index in [2.05, 4.69) is 0 Å². The quantitative estimate of drug-likeness (QED) is 0.810. The Kier molecular flexibility index (Phi) is 3.77. The van der Waals surface area contributed by atoms with Crippen molar-refractivity contribution in [2.75, 3.05) is 0 Å². The van der Waals surface area contributed by atoms with Crippen molar-refractivity contribution in [3.8, 4) is 0 Å². The van der Waals surface area contributed by atoms with Gasteiger partial charge in [-0.2, -0.15) is 0 Å². The Morgan fingerprint density at radius 1 is 1.40 bits per heavy atom. The molecule has 1 aromatic carbocycles. The molecule has 0 aliphatic heterocycles. The summed E-state index contributed by atoms with van der Waals surface area (Å²) in [4.78, 5) is 0. The smallest absolute Gasteiger partial charge is 0.133 e. The summed E-state index contributed by atoms with van der Waals surface area (Å²) in [5.41, 5.74) is 5.68. The molecule has 0 unspecified atom stereocenters. The van der Waals surface area contributed by atoms with Crippen molar-refractivity contribution < 1.29 is 13.9 Å². The standard InChI is InChI=1S/C11H15F2NO/c1-3-8(15)11(14)9-7(12)5-4-6(2)10(9)13/h4-5,8,11,15H,3,14H2,1-2H3/t8-,11-/m0/s1. The molecule has 0 aliphatic carbocycles. The summed E-state index contributed by atoms with van der Waals surface area (Å²) in [5.74, 6) is -1.38. The molecule has 0 fully saturated rings. The van der Waals surface area contributed by atoms with E-state index in [1.807, 2.05) is 0 Å². The van der Waals surface area contributed by atoms with E-state index in [1.165, 1.54) is 13.0 Å². The number of halogens is 2. The summed E-state index contributed by atoms with van der Waals surface area (Å²) in [5, 5.41) is 9.46. The van der Waals surface area contributed by atoms with Gasteiger partial charge in [0.05, 0.1) is 12.1 Å². The molecule has 2 nitrogen and oxygen atoms in total. The lowest BCUT2D eigenvalue weighted by Gasteiger charge is -2.19. The molecule has 3 N–H and O–H groups in total. The normalized spacial score (nSPS) is 15.1. The van der Waals surface area contributed by atoms with Crippen molar-refractivity contribution in [1.29, 1.82) is 0 Å². The predicted octanol–water partition coefficient (Wildman–Crippen LogP) is 2.04. The predicted molar refractivity (Wildman–Crippen MR) is 54.3 cm³/mol. The number of aryl methyl sites for hydroxylation is 1. The molecule has 2 atom stereocenters. The molecule has 1 rings (SSSR count). The summed E-state index contributed by atoms with van der Waals surface area (Å²) in [6.07, 6.45) is -0.579. The average molecular weight is 215 g/mol. The maximum absolute atomic E-state index is 13.6. The topological polar surface area (TPSA) is 46.2 Å². The maximum atomic E-state index is 13.6. The Hall–Kier alpha value is -1.00. The minimum absolute atomic E-state index is 0.232. The van der Waals surface area contributed by atoms with Gasteiger partial charge in [-0.25, -0.2) is 8.78 Å². The van der Waals surface area contributed by atoms with Gasteiger partial charge in [-0.05, 0) is 25.0 Å². The first-order valence-corrected chi connectivity index (χ1v) is 4.87. The third-order valence-electron chi connectivity index (χ3n) is 2.49. The van der Waals surface area contributed by atoms with Gasteiger partial charge in [0.25, 0.3) is 0 Å². The van der Waals surface area contributed by atoms with E-state index in [9.17, 15) is 13.9 Å². The second-order valence-corrected chi connectivity index (χ2v) is 3.59. The molecule has 0 amide bonds. The van der Waals surface area contributed by atoms with Crippen LogP contribution in [0.15, 0.2) is 12.1 Å². The Morgan fingerprint density at radius 3 is 2.53 bits per heavy atom. The van der Waals surface area contributed by atoms with Crippen LogP contribution in [0.3, 0.4) is 0 Å². The minimum atomic E-state index is -1.02. The third kappa shape index (κ3) is 2.33. The molecule has 0 spiro atoms. The number of nitrogens with two attached hydrogens (primary N) is 1. The lowest BCUT2D eigenvalue weighted by molar-refractivity contribution is 0.137. The van der Waals surface area contributed by atoms with Gasteiger partial charge in [0, 0.05) is 5.56 Å². The van der Waals surface area contributed by atoms with E-state index in [0.29, 0.717) is 12.0 Å². The first kappa shape index (κ1) is 12.1. The van der Waals surface area contributed by atoms with Crippen molar-refractivity contribution in [3.05, 3.63) is 34.9 Å². The van der Waals surface area contributed by atoms with Crippen LogP contribution in [0.5, 0.6) is 0 Å². The third-order valence-corrected chi connectivity index (χ3v) is 2.49. The highest BCUT2D eigenvalue weighted by Crippen LogP contribution is 2.24. The molecule has 0 aromatic heterocycles. The summed E-state index contributed by atoms with van der Waals surface area (Å²) < 4.78 is 26.9. The van der Waals surface area contributed by atoms with Gasteiger partial charge < -0.3 is 10.8 Å². The summed E-state index contributed by atoms with van der Waals surface area (Å²) >= 11 is 0. The number of aliphatic hydroxyl groups excluding tert-OH is 1. The Morgan fingerprint density at radius 2 is 2.00 bits per heavy atom. The molecular formula is C11H15F2NO. The van der Waals surface area contributed by atoms with E-state index in [-0.39, 0.29) is 5.56 Å². The van der Waals surface area contributed by atoms with Crippen LogP contribution in [0.4, 0.5) is 8.78 Å². The molecule has 84 valence electrons. The lowest BCUT2D eigenvalue weighted by atomic mass is 9.97. The largest absolute Gasteiger partial charge is 0.391 e. The first-order valence-electron chi connectivity index (χ1n) is 4.87. The molecule has 4 heteroatoms. The zero-order valence-electron chi connectivity index (χ0n) is 8.80. The Labute approximate surface area is 87.7 Å². The maximum Gasteiger partial charge on any atom is 0.133 e. The SMILES string of the molecule is CC[C@H](O)[C@H](N)c1c(F)ccc(C)c1F. The van der Waals surface area contributed by atoms with E-state index in [4.69, 9.17) is 5.73 Å². The highest BCUT2D eigenvalue weighted by molar-refractivity contribution is 5.29. The van der Waals surface area contributed by atoms with Crippen LogP contribution in [-0.2, 0) is 0 Å². The van der Waals surface area contributed by atoms with Crippen LogP contribution >= 0.6 is 0 Å². The average Bonchev–Trinajstić information content (AvgIpc) is 2.22. The summed E-state index contributed by atoms with van der Waals surface area (Å²) in [6, 6.07) is 1.49. The van der Waals surface area contributed by atoms with Crippen molar-refractivity contribution >= 4 is 0 Å². The zero-order valence-corrected chi connectivity index (χ0v) is 8.80. The van der Waals surface area contributed by atoms with Gasteiger partial charge in [0.2, 0.25) is 0 Å². The van der Waals surface area contributed by atoms with Crippen molar-refractivity contribution in [2.45, 2.75) is 32.4 Å². The van der Waals surface area contributed by atoms with Crippen LogP contribution in [0, 0.1) is 18.6 Å². The second-order valence-electron chi connectivity index (χ2n) is 3.59. The molecule has 0 radical (unpaired) electrons. The number of rotatable bonds is 3. The van der Waals surface area contributed by atoms with Crippen molar-refractivity contribution in [1.82, 2.24) is 0 Å². The summed E-state index contributed by atoms with van der Waals surface area (Å²) in [7, 11) is 0. The van der Waals surface area contributed by atoms with Crippen LogP contribution in [0.25, 0.3) is 0 Å². The molecule has 0 heterocycles. The van der Waals surface area contributed by atoms with Gasteiger partial charge >= 0.3 is 0 Å². The van der Waals surface area contributed by atoms with Gasteiger partial charge in [-0.1, -0.05) is 13.0 Å². The molecular weight excluding hydrogens is 200 g/mol. The molecule has 0 saturated heterocycles. The number of hydrogen-bond acceptors (Lipinski definition) is 2. The Balaban J connectivity index is 3.18.